The first kappa shape index (κ1) is 15.2. The average Bonchev–Trinajstić information content (AvgIpc) is 2.98. The van der Waals surface area contributed by atoms with Crippen molar-refractivity contribution in [3.05, 3.63) is 63.5 Å². The number of hydrogen-bond acceptors (Lipinski definition) is 3. The molecule has 0 aliphatic carbocycles. The summed E-state index contributed by atoms with van der Waals surface area (Å²) < 4.78 is 5.07. The smallest absolute Gasteiger partial charge is 0.262 e. The van der Waals surface area contributed by atoms with Crippen molar-refractivity contribution in [1.29, 1.82) is 5.26 Å². The number of hydrogen-bond donors (Lipinski definition) is 1. The Balaban J connectivity index is 2.03. The van der Waals surface area contributed by atoms with Crippen molar-refractivity contribution >= 4 is 35.2 Å². The number of nitrogens with zero attached hydrogens (tertiary/aromatic N) is 1. The number of halogens is 2. The van der Waals surface area contributed by atoms with Crippen LogP contribution < -0.4 is 5.32 Å². The SMILES string of the molecule is N#C/C(=C\c1ccco1)C(=O)NCc1ccc(Cl)c(Cl)c1. The highest BCUT2D eigenvalue weighted by Gasteiger charge is 2.10. The van der Waals surface area contributed by atoms with Gasteiger partial charge in [-0.1, -0.05) is 29.3 Å². The fraction of sp³-hybridized carbons (Fsp3) is 0.0667. The first-order valence-electron chi connectivity index (χ1n) is 5.97. The van der Waals surface area contributed by atoms with E-state index < -0.39 is 5.91 Å². The molecule has 0 radical (unpaired) electrons. The van der Waals surface area contributed by atoms with Crippen LogP contribution in [0.1, 0.15) is 11.3 Å². The van der Waals surface area contributed by atoms with E-state index in [-0.39, 0.29) is 12.1 Å². The lowest BCUT2D eigenvalue weighted by Crippen LogP contribution is -2.23. The van der Waals surface area contributed by atoms with Crippen LogP contribution in [0.15, 0.2) is 46.6 Å². The Morgan fingerprint density at radius 1 is 1.33 bits per heavy atom. The molecule has 0 spiro atoms. The third kappa shape index (κ3) is 4.12. The third-order valence-corrected chi connectivity index (χ3v) is 3.37. The van der Waals surface area contributed by atoms with E-state index in [1.165, 1.54) is 12.3 Å². The molecule has 1 N–H and O–H groups in total. The Hall–Kier alpha value is -2.22. The molecule has 1 aromatic carbocycles. The summed E-state index contributed by atoms with van der Waals surface area (Å²) in [4.78, 5) is 11.9. The summed E-state index contributed by atoms with van der Waals surface area (Å²) in [6, 6.07) is 10.2. The molecule has 0 aliphatic rings. The highest BCUT2D eigenvalue weighted by atomic mass is 35.5. The summed E-state index contributed by atoms with van der Waals surface area (Å²) in [6.07, 6.45) is 2.85. The molecule has 2 rings (SSSR count). The minimum atomic E-state index is -0.486. The van der Waals surface area contributed by atoms with E-state index in [2.05, 4.69) is 5.32 Å². The highest BCUT2D eigenvalue weighted by Crippen LogP contribution is 2.22. The summed E-state index contributed by atoms with van der Waals surface area (Å²) in [7, 11) is 0. The van der Waals surface area contributed by atoms with Gasteiger partial charge >= 0.3 is 0 Å². The molecule has 0 unspecified atom stereocenters. The molecule has 2 aromatic rings. The van der Waals surface area contributed by atoms with E-state index in [9.17, 15) is 4.79 Å². The lowest BCUT2D eigenvalue weighted by Gasteiger charge is -2.05. The van der Waals surface area contributed by atoms with Crippen LogP contribution in [0.2, 0.25) is 10.0 Å². The molecule has 106 valence electrons. The van der Waals surface area contributed by atoms with Crippen molar-refractivity contribution in [2.24, 2.45) is 0 Å². The van der Waals surface area contributed by atoms with E-state index in [1.807, 2.05) is 6.07 Å². The molecule has 0 fully saturated rings. The maximum atomic E-state index is 11.9. The van der Waals surface area contributed by atoms with Crippen molar-refractivity contribution in [3.63, 3.8) is 0 Å². The molecular formula is C15H10Cl2N2O2. The maximum absolute atomic E-state index is 11.9. The summed E-state index contributed by atoms with van der Waals surface area (Å²) in [5.74, 6) is -0.0452. The Labute approximate surface area is 131 Å². The van der Waals surface area contributed by atoms with Gasteiger partial charge in [0.15, 0.2) is 0 Å². The van der Waals surface area contributed by atoms with Gasteiger partial charge < -0.3 is 9.73 Å². The number of furan rings is 1. The molecule has 6 heteroatoms. The predicted octanol–water partition coefficient (Wildman–Crippen LogP) is 3.81. The molecule has 0 saturated carbocycles. The maximum Gasteiger partial charge on any atom is 0.262 e. The molecule has 21 heavy (non-hydrogen) atoms. The number of carbonyl (C=O) groups is 1. The second-order valence-electron chi connectivity index (χ2n) is 4.12. The van der Waals surface area contributed by atoms with Gasteiger partial charge in [0, 0.05) is 12.6 Å². The molecule has 0 atom stereocenters. The van der Waals surface area contributed by atoms with Gasteiger partial charge in [-0.15, -0.1) is 0 Å². The number of nitrogens with one attached hydrogen (secondary N) is 1. The largest absolute Gasteiger partial charge is 0.465 e. The molecule has 1 heterocycles. The monoisotopic (exact) mass is 320 g/mol. The van der Waals surface area contributed by atoms with Crippen molar-refractivity contribution in [3.8, 4) is 6.07 Å². The summed E-state index contributed by atoms with van der Waals surface area (Å²) in [5.41, 5.74) is 0.748. The van der Waals surface area contributed by atoms with Crippen molar-refractivity contribution in [2.45, 2.75) is 6.54 Å². The Morgan fingerprint density at radius 2 is 2.14 bits per heavy atom. The number of benzene rings is 1. The average molecular weight is 321 g/mol. The van der Waals surface area contributed by atoms with Crippen LogP contribution in [0.25, 0.3) is 6.08 Å². The van der Waals surface area contributed by atoms with E-state index in [0.717, 1.165) is 5.56 Å². The Morgan fingerprint density at radius 3 is 2.76 bits per heavy atom. The molecule has 1 aromatic heterocycles. The van der Waals surface area contributed by atoms with Crippen LogP contribution in [0.5, 0.6) is 0 Å². The van der Waals surface area contributed by atoms with Crippen LogP contribution in [0.4, 0.5) is 0 Å². The molecule has 4 nitrogen and oxygen atoms in total. The summed E-state index contributed by atoms with van der Waals surface area (Å²) in [6.45, 7) is 0.243. The van der Waals surface area contributed by atoms with E-state index in [4.69, 9.17) is 32.9 Å². The minimum absolute atomic E-state index is 0.0370. The van der Waals surface area contributed by atoms with Crippen LogP contribution in [-0.2, 0) is 11.3 Å². The first-order chi connectivity index (χ1) is 10.1. The second kappa shape index (κ2) is 6.98. The zero-order chi connectivity index (χ0) is 15.2. The van der Waals surface area contributed by atoms with Gasteiger partial charge in [0.2, 0.25) is 0 Å². The highest BCUT2D eigenvalue weighted by molar-refractivity contribution is 6.42. The Kier molecular flexibility index (Phi) is 5.04. The lowest BCUT2D eigenvalue weighted by atomic mass is 10.2. The number of carbonyl (C=O) groups excluding carboxylic acids is 1. The lowest BCUT2D eigenvalue weighted by molar-refractivity contribution is -0.117. The molecule has 1 amide bonds. The molecular weight excluding hydrogens is 311 g/mol. The second-order valence-corrected chi connectivity index (χ2v) is 4.93. The topological polar surface area (TPSA) is 66.0 Å². The van der Waals surface area contributed by atoms with Gasteiger partial charge in [-0.2, -0.15) is 5.26 Å². The minimum Gasteiger partial charge on any atom is -0.465 e. The zero-order valence-corrected chi connectivity index (χ0v) is 12.3. The van der Waals surface area contributed by atoms with Crippen molar-refractivity contribution < 1.29 is 9.21 Å². The van der Waals surface area contributed by atoms with Gasteiger partial charge in [0.25, 0.3) is 5.91 Å². The number of rotatable bonds is 4. The zero-order valence-electron chi connectivity index (χ0n) is 10.8. The van der Waals surface area contributed by atoms with Crippen LogP contribution in [-0.4, -0.2) is 5.91 Å². The first-order valence-corrected chi connectivity index (χ1v) is 6.73. The van der Waals surface area contributed by atoms with E-state index >= 15 is 0 Å². The number of nitriles is 1. The molecule has 0 saturated heterocycles. The van der Waals surface area contributed by atoms with Crippen LogP contribution in [0, 0.1) is 11.3 Å². The normalized spacial score (nSPS) is 11.0. The van der Waals surface area contributed by atoms with Gasteiger partial charge in [0.1, 0.15) is 17.4 Å². The van der Waals surface area contributed by atoms with Gasteiger partial charge in [0.05, 0.1) is 16.3 Å². The fourth-order valence-corrected chi connectivity index (χ4v) is 1.91. The third-order valence-electron chi connectivity index (χ3n) is 2.63. The van der Waals surface area contributed by atoms with E-state index in [0.29, 0.717) is 15.8 Å². The van der Waals surface area contributed by atoms with Gasteiger partial charge in [-0.05, 0) is 29.8 Å². The standard InChI is InChI=1S/C15H10Cl2N2O2/c16-13-4-3-10(6-14(13)17)9-19-15(20)11(8-18)7-12-2-1-5-21-12/h1-7H,9H2,(H,19,20)/b11-7+. The van der Waals surface area contributed by atoms with Gasteiger partial charge in [-0.25, -0.2) is 0 Å². The van der Waals surface area contributed by atoms with Crippen LogP contribution >= 0.6 is 23.2 Å². The van der Waals surface area contributed by atoms with Crippen molar-refractivity contribution in [2.75, 3.05) is 0 Å². The quantitative estimate of drug-likeness (QED) is 0.688. The number of amides is 1. The van der Waals surface area contributed by atoms with E-state index in [1.54, 1.807) is 30.3 Å². The summed E-state index contributed by atoms with van der Waals surface area (Å²) >= 11 is 11.7. The Bertz CT molecular complexity index is 716. The van der Waals surface area contributed by atoms with Crippen molar-refractivity contribution in [1.82, 2.24) is 5.32 Å². The fourth-order valence-electron chi connectivity index (χ4n) is 1.59. The summed E-state index contributed by atoms with van der Waals surface area (Å²) in [5, 5.41) is 12.5. The predicted molar refractivity (Wildman–Crippen MR) is 80.6 cm³/mol. The molecule has 0 aliphatic heterocycles. The van der Waals surface area contributed by atoms with Crippen LogP contribution in [0.3, 0.4) is 0 Å². The molecule has 0 bridgehead atoms. The van der Waals surface area contributed by atoms with Gasteiger partial charge in [-0.3, -0.25) is 4.79 Å².